The minimum atomic E-state index is -0.630. The van der Waals surface area contributed by atoms with Crippen LogP contribution in [0.3, 0.4) is 0 Å². The van der Waals surface area contributed by atoms with Crippen LogP contribution in [0.4, 0.5) is 14.9 Å². The van der Waals surface area contributed by atoms with E-state index >= 15 is 0 Å². The SMILES string of the molecule is [N-]=[N+]=NC[C@H]1CN(c2ccc(-n3cnc(C=NO)c3)c(F)c2)C(=O)O1. The van der Waals surface area contributed by atoms with Gasteiger partial charge in [0, 0.05) is 11.1 Å². The molecule has 11 heteroatoms. The van der Waals surface area contributed by atoms with Crippen LogP contribution < -0.4 is 4.90 Å². The predicted octanol–water partition coefficient (Wildman–Crippen LogP) is 2.46. The zero-order valence-corrected chi connectivity index (χ0v) is 12.7. The van der Waals surface area contributed by atoms with Crippen molar-refractivity contribution < 1.29 is 19.1 Å². The highest BCUT2D eigenvalue weighted by Crippen LogP contribution is 2.25. The first-order valence-electron chi connectivity index (χ1n) is 7.12. The average molecular weight is 345 g/mol. The molecule has 0 aliphatic carbocycles. The van der Waals surface area contributed by atoms with Crippen LogP contribution in [-0.4, -0.2) is 46.3 Å². The number of imidazole rings is 1. The maximum absolute atomic E-state index is 14.4. The van der Waals surface area contributed by atoms with Crippen LogP contribution in [0.2, 0.25) is 0 Å². The minimum Gasteiger partial charge on any atom is -0.444 e. The Morgan fingerprint density at radius 2 is 2.40 bits per heavy atom. The van der Waals surface area contributed by atoms with E-state index in [9.17, 15) is 9.18 Å². The van der Waals surface area contributed by atoms with Crippen molar-refractivity contribution in [3.05, 3.63) is 52.7 Å². The summed E-state index contributed by atoms with van der Waals surface area (Å²) in [4.78, 5) is 19.7. The Balaban J connectivity index is 1.82. The first-order valence-corrected chi connectivity index (χ1v) is 7.12. The molecule has 10 nitrogen and oxygen atoms in total. The number of aromatic nitrogens is 2. The van der Waals surface area contributed by atoms with E-state index in [1.54, 1.807) is 6.07 Å². The van der Waals surface area contributed by atoms with Crippen LogP contribution in [0.1, 0.15) is 5.69 Å². The van der Waals surface area contributed by atoms with Crippen molar-refractivity contribution in [2.24, 2.45) is 10.3 Å². The number of amides is 1. The Morgan fingerprint density at radius 3 is 3.12 bits per heavy atom. The predicted molar refractivity (Wildman–Crippen MR) is 84.5 cm³/mol. The second kappa shape index (κ2) is 6.89. The number of anilines is 1. The molecule has 0 bridgehead atoms. The molecule has 1 atom stereocenters. The molecule has 1 saturated heterocycles. The zero-order chi connectivity index (χ0) is 17.8. The molecule has 0 saturated carbocycles. The molecule has 3 rings (SSSR count). The number of carbonyl (C=O) groups excluding carboxylic acids is 1. The van der Waals surface area contributed by atoms with Gasteiger partial charge >= 0.3 is 6.09 Å². The number of cyclic esters (lactones) is 1. The summed E-state index contributed by atoms with van der Waals surface area (Å²) in [6, 6.07) is 4.25. The number of rotatable bonds is 5. The first kappa shape index (κ1) is 16.3. The van der Waals surface area contributed by atoms with Crippen LogP contribution in [0.25, 0.3) is 16.1 Å². The summed E-state index contributed by atoms with van der Waals surface area (Å²) in [5.74, 6) is -0.575. The lowest BCUT2D eigenvalue weighted by Gasteiger charge is -2.14. The third kappa shape index (κ3) is 3.35. The number of hydrogen-bond donors (Lipinski definition) is 1. The largest absolute Gasteiger partial charge is 0.444 e. The van der Waals surface area contributed by atoms with Crippen molar-refractivity contribution in [2.75, 3.05) is 18.0 Å². The van der Waals surface area contributed by atoms with Gasteiger partial charge in [-0.1, -0.05) is 10.3 Å². The Bertz CT molecular complexity index is 875. The lowest BCUT2D eigenvalue weighted by molar-refractivity contribution is 0.145. The molecule has 1 N–H and O–H groups in total. The zero-order valence-electron chi connectivity index (χ0n) is 12.7. The van der Waals surface area contributed by atoms with Gasteiger partial charge in [-0.3, -0.25) is 4.90 Å². The van der Waals surface area contributed by atoms with E-state index in [2.05, 4.69) is 20.2 Å². The first-order chi connectivity index (χ1) is 12.1. The number of nitrogens with zero attached hydrogens (tertiary/aromatic N) is 7. The van der Waals surface area contributed by atoms with Gasteiger partial charge in [0.1, 0.15) is 23.9 Å². The Labute approximate surface area is 140 Å². The van der Waals surface area contributed by atoms with E-state index in [1.807, 2.05) is 0 Å². The number of halogens is 1. The summed E-state index contributed by atoms with van der Waals surface area (Å²) in [7, 11) is 0. The van der Waals surface area contributed by atoms with Crippen LogP contribution in [-0.2, 0) is 4.74 Å². The minimum absolute atomic E-state index is 0.0174. The van der Waals surface area contributed by atoms with Crippen LogP contribution in [0.15, 0.2) is 41.0 Å². The van der Waals surface area contributed by atoms with E-state index in [-0.39, 0.29) is 18.8 Å². The van der Waals surface area contributed by atoms with Crippen molar-refractivity contribution in [3.8, 4) is 5.69 Å². The fraction of sp³-hybridized carbons (Fsp3) is 0.214. The van der Waals surface area contributed by atoms with Crippen LogP contribution in [0.5, 0.6) is 0 Å². The van der Waals surface area contributed by atoms with E-state index in [1.165, 1.54) is 34.1 Å². The van der Waals surface area contributed by atoms with Gasteiger partial charge in [0.2, 0.25) is 0 Å². The average Bonchev–Trinajstić information content (AvgIpc) is 3.20. The summed E-state index contributed by atoms with van der Waals surface area (Å²) in [6.07, 6.45) is 2.77. The highest BCUT2D eigenvalue weighted by Gasteiger charge is 2.32. The van der Waals surface area contributed by atoms with Gasteiger partial charge in [-0.25, -0.2) is 14.2 Å². The topological polar surface area (TPSA) is 129 Å². The molecule has 1 aromatic heterocycles. The van der Waals surface area contributed by atoms with Gasteiger partial charge in [0.25, 0.3) is 0 Å². The quantitative estimate of drug-likeness (QED) is 0.223. The molecule has 1 fully saturated rings. The standard InChI is InChI=1S/C14H12FN7O3/c15-12-3-10(22-7-11(5-18-20-16)25-14(22)23)1-2-13(12)21-6-9(4-19-24)17-8-21/h1-4,6,8,11,24H,5,7H2/t11-/m0/s1. The highest BCUT2D eigenvalue weighted by molar-refractivity contribution is 5.89. The molecule has 2 heterocycles. The number of benzene rings is 1. The molecule has 1 aliphatic rings. The maximum Gasteiger partial charge on any atom is 0.414 e. The fourth-order valence-electron chi connectivity index (χ4n) is 2.42. The molecular formula is C14H12FN7O3. The third-order valence-corrected chi connectivity index (χ3v) is 3.54. The van der Waals surface area contributed by atoms with Crippen molar-refractivity contribution in [1.82, 2.24) is 9.55 Å². The maximum atomic E-state index is 14.4. The summed E-state index contributed by atoms with van der Waals surface area (Å²) in [6.45, 7) is 0.183. The summed E-state index contributed by atoms with van der Waals surface area (Å²) in [5.41, 5.74) is 9.21. The van der Waals surface area contributed by atoms with Crippen molar-refractivity contribution in [2.45, 2.75) is 6.10 Å². The molecule has 0 spiro atoms. The second-order valence-corrected chi connectivity index (χ2v) is 5.12. The van der Waals surface area contributed by atoms with Gasteiger partial charge in [-0.05, 0) is 23.7 Å². The van der Waals surface area contributed by atoms with Gasteiger partial charge < -0.3 is 14.5 Å². The molecule has 1 aromatic carbocycles. The normalized spacial score (nSPS) is 16.9. The Hall–Kier alpha value is -3.59. The molecule has 1 amide bonds. The molecular weight excluding hydrogens is 333 g/mol. The summed E-state index contributed by atoms with van der Waals surface area (Å²) < 4.78 is 20.9. The van der Waals surface area contributed by atoms with Crippen molar-refractivity contribution in [1.29, 1.82) is 0 Å². The van der Waals surface area contributed by atoms with Crippen molar-refractivity contribution >= 4 is 18.0 Å². The summed E-state index contributed by atoms with van der Waals surface area (Å²) in [5, 5.41) is 14.7. The molecule has 0 unspecified atom stereocenters. The van der Waals surface area contributed by atoms with E-state index in [4.69, 9.17) is 15.5 Å². The van der Waals surface area contributed by atoms with Gasteiger partial charge in [-0.15, -0.1) is 0 Å². The number of carbonyl (C=O) groups is 1. The number of hydrogen-bond acceptors (Lipinski definition) is 6. The number of ether oxygens (including phenoxy) is 1. The van der Waals surface area contributed by atoms with Crippen LogP contribution in [0, 0.1) is 5.82 Å². The fourth-order valence-corrected chi connectivity index (χ4v) is 2.42. The van der Waals surface area contributed by atoms with Crippen LogP contribution >= 0.6 is 0 Å². The van der Waals surface area contributed by atoms with E-state index < -0.39 is 18.0 Å². The molecule has 25 heavy (non-hydrogen) atoms. The Kier molecular flexibility index (Phi) is 4.48. The number of azide groups is 1. The Morgan fingerprint density at radius 1 is 1.56 bits per heavy atom. The van der Waals surface area contributed by atoms with Gasteiger partial charge in [0.15, 0.2) is 0 Å². The number of oxime groups is 1. The second-order valence-electron chi connectivity index (χ2n) is 5.12. The van der Waals surface area contributed by atoms with Gasteiger partial charge in [0.05, 0.1) is 30.7 Å². The molecule has 0 radical (unpaired) electrons. The smallest absolute Gasteiger partial charge is 0.414 e. The van der Waals surface area contributed by atoms with Gasteiger partial charge in [-0.2, -0.15) is 0 Å². The van der Waals surface area contributed by atoms with E-state index in [0.29, 0.717) is 11.4 Å². The summed E-state index contributed by atoms with van der Waals surface area (Å²) >= 11 is 0. The molecule has 128 valence electrons. The molecule has 1 aliphatic heterocycles. The lowest BCUT2D eigenvalue weighted by atomic mass is 10.2. The highest BCUT2D eigenvalue weighted by atomic mass is 19.1. The molecule has 2 aromatic rings. The third-order valence-electron chi connectivity index (χ3n) is 3.54. The lowest BCUT2D eigenvalue weighted by Crippen LogP contribution is -2.25. The monoisotopic (exact) mass is 345 g/mol. The van der Waals surface area contributed by atoms with E-state index in [0.717, 1.165) is 6.21 Å². The van der Waals surface area contributed by atoms with Crippen molar-refractivity contribution in [3.63, 3.8) is 0 Å².